The van der Waals surface area contributed by atoms with Gasteiger partial charge in [-0.2, -0.15) is 0 Å². The number of nitro groups is 1. The highest BCUT2D eigenvalue weighted by Crippen LogP contribution is 2.28. The normalized spacial score (nSPS) is 10.6. The Balaban J connectivity index is 1.70. The Hall–Kier alpha value is -3.47. The van der Waals surface area contributed by atoms with Crippen LogP contribution in [0.5, 0.6) is 0 Å². The summed E-state index contributed by atoms with van der Waals surface area (Å²) < 4.78 is 14.5. The van der Waals surface area contributed by atoms with E-state index in [-0.39, 0.29) is 28.1 Å². The van der Waals surface area contributed by atoms with Crippen molar-refractivity contribution in [1.29, 1.82) is 0 Å². The first-order valence-corrected chi connectivity index (χ1v) is 8.98. The molecule has 28 heavy (non-hydrogen) atoms. The van der Waals surface area contributed by atoms with E-state index in [4.69, 9.17) is 5.84 Å². The predicted octanol–water partition coefficient (Wildman–Crippen LogP) is 2.75. The molecule has 0 saturated heterocycles. The topological polar surface area (TPSA) is 129 Å². The number of nitrogen functional groups attached to an aromatic ring is 1. The van der Waals surface area contributed by atoms with Crippen molar-refractivity contribution in [3.8, 4) is 11.4 Å². The van der Waals surface area contributed by atoms with Gasteiger partial charge in [-0.3, -0.25) is 14.9 Å². The number of carbonyl (C=O) groups excluding carboxylic acids is 1. The fourth-order valence-electron chi connectivity index (χ4n) is 2.47. The van der Waals surface area contributed by atoms with Crippen LogP contribution in [0, 0.1) is 22.9 Å². The molecule has 0 radical (unpaired) electrons. The van der Waals surface area contributed by atoms with Gasteiger partial charge in [0.15, 0.2) is 5.82 Å². The predicted molar refractivity (Wildman–Crippen MR) is 103 cm³/mol. The molecular weight excluding hydrogens is 387 g/mol. The van der Waals surface area contributed by atoms with Crippen LogP contribution >= 0.6 is 11.8 Å². The number of nitrogens with one attached hydrogen (secondary N) is 1. The van der Waals surface area contributed by atoms with Crippen LogP contribution in [-0.2, 0) is 4.79 Å². The van der Waals surface area contributed by atoms with Crippen LogP contribution in [0.4, 0.5) is 15.8 Å². The molecule has 0 spiro atoms. The van der Waals surface area contributed by atoms with Crippen LogP contribution < -0.4 is 11.2 Å². The van der Waals surface area contributed by atoms with Gasteiger partial charge < -0.3 is 11.2 Å². The third kappa shape index (κ3) is 4.09. The Kier molecular flexibility index (Phi) is 5.54. The average molecular weight is 402 g/mol. The maximum absolute atomic E-state index is 13.4. The van der Waals surface area contributed by atoms with Crippen molar-refractivity contribution in [3.05, 3.63) is 64.0 Å². The fraction of sp³-hybridized carbons (Fsp3) is 0.118. The van der Waals surface area contributed by atoms with E-state index in [1.54, 1.807) is 25.1 Å². The van der Waals surface area contributed by atoms with Gasteiger partial charge in [0.05, 0.1) is 10.7 Å². The first-order chi connectivity index (χ1) is 13.4. The lowest BCUT2D eigenvalue weighted by atomic mass is 10.1. The molecule has 1 aromatic heterocycles. The van der Waals surface area contributed by atoms with Gasteiger partial charge in [-0.1, -0.05) is 36.0 Å². The molecular formula is C17H15FN6O3S. The molecule has 2 aromatic carbocycles. The van der Waals surface area contributed by atoms with Crippen LogP contribution in [0.2, 0.25) is 0 Å². The Morgan fingerprint density at radius 3 is 2.79 bits per heavy atom. The van der Waals surface area contributed by atoms with Crippen molar-refractivity contribution >= 4 is 29.0 Å². The number of nitrogens with zero attached hydrogens (tertiary/aromatic N) is 4. The number of thioether (sulfide) groups is 1. The summed E-state index contributed by atoms with van der Waals surface area (Å²) in [4.78, 5) is 22.8. The number of halogens is 1. The van der Waals surface area contributed by atoms with Crippen molar-refractivity contribution in [2.45, 2.75) is 12.1 Å². The van der Waals surface area contributed by atoms with E-state index in [2.05, 4.69) is 15.5 Å². The quantitative estimate of drug-likeness (QED) is 0.281. The van der Waals surface area contributed by atoms with Crippen molar-refractivity contribution in [1.82, 2.24) is 14.9 Å². The van der Waals surface area contributed by atoms with E-state index in [1.807, 2.05) is 0 Å². The number of anilines is 1. The first kappa shape index (κ1) is 19.3. The zero-order chi connectivity index (χ0) is 20.3. The maximum Gasteiger partial charge on any atom is 0.293 e. The van der Waals surface area contributed by atoms with Crippen LogP contribution in [-0.4, -0.2) is 31.5 Å². The van der Waals surface area contributed by atoms with Crippen molar-refractivity contribution in [2.24, 2.45) is 0 Å². The lowest BCUT2D eigenvalue weighted by Crippen LogP contribution is -2.17. The van der Waals surface area contributed by atoms with Crippen molar-refractivity contribution < 1.29 is 14.1 Å². The molecule has 0 aliphatic heterocycles. The van der Waals surface area contributed by atoms with Gasteiger partial charge in [-0.05, 0) is 24.6 Å². The van der Waals surface area contributed by atoms with Crippen LogP contribution in [0.3, 0.4) is 0 Å². The van der Waals surface area contributed by atoms with E-state index in [9.17, 15) is 19.3 Å². The molecule has 3 aromatic rings. The standard InChI is InChI=1S/C17H15FN6O3S/c1-10-4-2-7-13(24(26)27)15(10)20-14(25)9-28-17-22-21-16(23(17)19)11-5-3-6-12(18)8-11/h2-8H,9,19H2,1H3,(H,20,25). The van der Waals surface area contributed by atoms with E-state index < -0.39 is 16.6 Å². The monoisotopic (exact) mass is 402 g/mol. The molecule has 1 amide bonds. The zero-order valence-electron chi connectivity index (χ0n) is 14.6. The Morgan fingerprint density at radius 1 is 1.32 bits per heavy atom. The summed E-state index contributed by atoms with van der Waals surface area (Å²) in [6, 6.07) is 10.2. The molecule has 0 unspecified atom stereocenters. The summed E-state index contributed by atoms with van der Waals surface area (Å²) in [5, 5.41) is 21.7. The average Bonchev–Trinajstić information content (AvgIpc) is 3.02. The second-order valence-electron chi connectivity index (χ2n) is 5.75. The first-order valence-electron chi connectivity index (χ1n) is 8.00. The minimum Gasteiger partial charge on any atom is -0.335 e. The Morgan fingerprint density at radius 2 is 2.07 bits per heavy atom. The van der Waals surface area contributed by atoms with E-state index in [0.29, 0.717) is 11.1 Å². The van der Waals surface area contributed by atoms with Crippen molar-refractivity contribution in [3.63, 3.8) is 0 Å². The smallest absolute Gasteiger partial charge is 0.293 e. The largest absolute Gasteiger partial charge is 0.335 e. The summed E-state index contributed by atoms with van der Waals surface area (Å²) in [7, 11) is 0. The highest BCUT2D eigenvalue weighted by atomic mass is 32.2. The minimum absolute atomic E-state index is 0.0933. The molecule has 9 nitrogen and oxygen atoms in total. The number of hydrogen-bond donors (Lipinski definition) is 2. The number of carbonyl (C=O) groups is 1. The third-order valence-electron chi connectivity index (χ3n) is 3.79. The molecule has 0 atom stereocenters. The van der Waals surface area contributed by atoms with E-state index >= 15 is 0 Å². The number of aromatic nitrogens is 3. The van der Waals surface area contributed by atoms with Crippen LogP contribution in [0.25, 0.3) is 11.4 Å². The summed E-state index contributed by atoms with van der Waals surface area (Å²) >= 11 is 1.00. The lowest BCUT2D eigenvalue weighted by Gasteiger charge is -2.08. The molecule has 0 bridgehead atoms. The molecule has 0 fully saturated rings. The van der Waals surface area contributed by atoms with Gasteiger partial charge in [0.25, 0.3) is 5.69 Å². The third-order valence-corrected chi connectivity index (χ3v) is 4.73. The van der Waals surface area contributed by atoms with Crippen LogP contribution in [0.15, 0.2) is 47.6 Å². The van der Waals surface area contributed by atoms with Gasteiger partial charge in [0, 0.05) is 11.6 Å². The molecule has 1 heterocycles. The highest BCUT2D eigenvalue weighted by Gasteiger charge is 2.19. The van der Waals surface area contributed by atoms with E-state index in [1.165, 1.54) is 24.3 Å². The molecule has 11 heteroatoms. The van der Waals surface area contributed by atoms with Gasteiger partial charge in [0.1, 0.15) is 11.5 Å². The second kappa shape index (κ2) is 8.05. The number of benzene rings is 2. The minimum atomic E-state index is -0.558. The van der Waals surface area contributed by atoms with E-state index in [0.717, 1.165) is 16.4 Å². The number of para-hydroxylation sites is 1. The van der Waals surface area contributed by atoms with Gasteiger partial charge in [0.2, 0.25) is 11.1 Å². The number of aryl methyl sites for hydroxylation is 1. The molecule has 3 N–H and O–H groups in total. The van der Waals surface area contributed by atoms with Gasteiger partial charge in [-0.25, -0.2) is 9.07 Å². The fourth-order valence-corrected chi connectivity index (χ4v) is 3.13. The summed E-state index contributed by atoms with van der Waals surface area (Å²) in [5.41, 5.74) is 0.978. The number of hydrogen-bond acceptors (Lipinski definition) is 7. The number of rotatable bonds is 6. The second-order valence-corrected chi connectivity index (χ2v) is 6.69. The van der Waals surface area contributed by atoms with Crippen molar-refractivity contribution in [2.75, 3.05) is 16.9 Å². The Bertz CT molecular complexity index is 1060. The molecule has 3 rings (SSSR count). The summed E-state index contributed by atoms with van der Waals surface area (Å²) in [6.07, 6.45) is 0. The zero-order valence-corrected chi connectivity index (χ0v) is 15.4. The molecule has 0 aliphatic carbocycles. The van der Waals surface area contributed by atoms with Crippen LogP contribution in [0.1, 0.15) is 5.56 Å². The molecule has 0 saturated carbocycles. The number of nitro benzene ring substituents is 1. The number of nitrogens with two attached hydrogens (primary N) is 1. The summed E-state index contributed by atoms with van der Waals surface area (Å²) in [5.74, 6) is 5.20. The number of amides is 1. The summed E-state index contributed by atoms with van der Waals surface area (Å²) in [6.45, 7) is 1.66. The molecule has 0 aliphatic rings. The maximum atomic E-state index is 13.4. The molecule has 144 valence electrons. The Labute approximate surface area is 162 Å². The van der Waals surface area contributed by atoms with Gasteiger partial charge in [-0.15, -0.1) is 10.2 Å². The SMILES string of the molecule is Cc1cccc([N+](=O)[O-])c1NC(=O)CSc1nnc(-c2cccc(F)c2)n1N. The lowest BCUT2D eigenvalue weighted by molar-refractivity contribution is -0.384. The van der Waals surface area contributed by atoms with Gasteiger partial charge >= 0.3 is 0 Å². The highest BCUT2D eigenvalue weighted by molar-refractivity contribution is 7.99.